The van der Waals surface area contributed by atoms with Gasteiger partial charge in [-0.2, -0.15) is 0 Å². The van der Waals surface area contributed by atoms with Crippen LogP contribution in [0.4, 0.5) is 0 Å². The fourth-order valence-electron chi connectivity index (χ4n) is 1.65. The SMILES string of the molecule is CCC(C)C(C)(C)c1cn(C(C)(C)C)nn1. The highest BCUT2D eigenvalue weighted by Crippen LogP contribution is 2.32. The molecular formula is C13H25N3. The van der Waals surface area contributed by atoms with E-state index in [9.17, 15) is 0 Å². The van der Waals surface area contributed by atoms with Crippen molar-refractivity contribution >= 4 is 0 Å². The van der Waals surface area contributed by atoms with Gasteiger partial charge in [0.25, 0.3) is 0 Å². The molecule has 0 saturated carbocycles. The van der Waals surface area contributed by atoms with Crippen molar-refractivity contribution in [2.45, 2.75) is 65.8 Å². The number of aromatic nitrogens is 3. The van der Waals surface area contributed by atoms with Gasteiger partial charge in [-0.05, 0) is 26.7 Å². The molecule has 3 heteroatoms. The van der Waals surface area contributed by atoms with Gasteiger partial charge in [0.2, 0.25) is 0 Å². The van der Waals surface area contributed by atoms with Crippen LogP contribution in [0.5, 0.6) is 0 Å². The Labute approximate surface area is 99.2 Å². The lowest BCUT2D eigenvalue weighted by Crippen LogP contribution is -2.27. The van der Waals surface area contributed by atoms with Crippen LogP contribution < -0.4 is 0 Å². The molecule has 0 aliphatic carbocycles. The molecule has 3 nitrogen and oxygen atoms in total. The predicted octanol–water partition coefficient (Wildman–Crippen LogP) is 3.36. The predicted molar refractivity (Wildman–Crippen MR) is 67.5 cm³/mol. The van der Waals surface area contributed by atoms with Gasteiger partial charge in [-0.25, -0.2) is 4.68 Å². The third-order valence-corrected chi connectivity index (χ3v) is 3.69. The topological polar surface area (TPSA) is 30.7 Å². The van der Waals surface area contributed by atoms with Gasteiger partial charge in [0.15, 0.2) is 0 Å². The average molecular weight is 223 g/mol. The van der Waals surface area contributed by atoms with Crippen LogP contribution in [0, 0.1) is 5.92 Å². The van der Waals surface area contributed by atoms with Crippen molar-refractivity contribution in [2.75, 3.05) is 0 Å². The first-order chi connectivity index (χ1) is 7.19. The third kappa shape index (κ3) is 2.45. The zero-order valence-corrected chi connectivity index (χ0v) is 11.7. The van der Waals surface area contributed by atoms with Crippen molar-refractivity contribution in [3.63, 3.8) is 0 Å². The molecule has 0 aromatic carbocycles. The summed E-state index contributed by atoms with van der Waals surface area (Å²) in [6.45, 7) is 15.4. The highest BCUT2D eigenvalue weighted by atomic mass is 15.4. The Morgan fingerprint density at radius 1 is 1.25 bits per heavy atom. The van der Waals surface area contributed by atoms with E-state index >= 15 is 0 Å². The molecule has 1 aromatic heterocycles. The second-order valence-corrected chi connectivity index (χ2v) is 6.25. The molecule has 0 spiro atoms. The largest absolute Gasteiger partial charge is 0.247 e. The van der Waals surface area contributed by atoms with E-state index in [2.05, 4.69) is 65.0 Å². The molecule has 16 heavy (non-hydrogen) atoms. The third-order valence-electron chi connectivity index (χ3n) is 3.69. The minimum Gasteiger partial charge on any atom is -0.247 e. The van der Waals surface area contributed by atoms with E-state index in [-0.39, 0.29) is 11.0 Å². The molecule has 1 aromatic rings. The fourth-order valence-corrected chi connectivity index (χ4v) is 1.65. The molecule has 0 fully saturated rings. The van der Waals surface area contributed by atoms with Crippen molar-refractivity contribution in [2.24, 2.45) is 5.92 Å². The summed E-state index contributed by atoms with van der Waals surface area (Å²) in [6.07, 6.45) is 3.25. The van der Waals surface area contributed by atoms with Crippen LogP contribution in [0.1, 0.15) is 60.6 Å². The molecular weight excluding hydrogens is 198 g/mol. The standard InChI is InChI=1S/C13H25N3/c1-8-10(2)13(6,7)11-9-16(15-14-11)12(3,4)5/h9-10H,8H2,1-7H3. The smallest absolute Gasteiger partial charge is 0.0886 e. The van der Waals surface area contributed by atoms with Gasteiger partial charge in [0, 0.05) is 11.6 Å². The Morgan fingerprint density at radius 2 is 1.81 bits per heavy atom. The summed E-state index contributed by atoms with van der Waals surface area (Å²) in [6, 6.07) is 0. The molecule has 1 unspecified atom stereocenters. The van der Waals surface area contributed by atoms with Gasteiger partial charge in [-0.15, -0.1) is 5.10 Å². The fraction of sp³-hybridized carbons (Fsp3) is 0.846. The maximum Gasteiger partial charge on any atom is 0.0886 e. The van der Waals surface area contributed by atoms with Crippen LogP contribution in [-0.2, 0) is 11.0 Å². The number of rotatable bonds is 3. The molecule has 0 amide bonds. The number of nitrogens with zero attached hydrogens (tertiary/aromatic N) is 3. The molecule has 1 heterocycles. The van der Waals surface area contributed by atoms with E-state index in [1.807, 2.05) is 4.68 Å². The first-order valence-electron chi connectivity index (χ1n) is 6.13. The van der Waals surface area contributed by atoms with Crippen LogP contribution in [0.3, 0.4) is 0 Å². The lowest BCUT2D eigenvalue weighted by molar-refractivity contribution is 0.326. The maximum atomic E-state index is 4.34. The Morgan fingerprint density at radius 3 is 2.19 bits per heavy atom. The quantitative estimate of drug-likeness (QED) is 0.786. The molecule has 0 aliphatic rings. The summed E-state index contributed by atoms with van der Waals surface area (Å²) in [5.74, 6) is 0.609. The van der Waals surface area contributed by atoms with Crippen LogP contribution in [0.25, 0.3) is 0 Å². The van der Waals surface area contributed by atoms with Crippen molar-refractivity contribution < 1.29 is 0 Å². The highest BCUT2D eigenvalue weighted by molar-refractivity contribution is 5.11. The molecule has 0 radical (unpaired) electrons. The molecule has 92 valence electrons. The zero-order valence-electron chi connectivity index (χ0n) is 11.7. The van der Waals surface area contributed by atoms with E-state index in [0.29, 0.717) is 5.92 Å². The van der Waals surface area contributed by atoms with Crippen LogP contribution >= 0.6 is 0 Å². The van der Waals surface area contributed by atoms with Crippen molar-refractivity contribution in [3.8, 4) is 0 Å². The van der Waals surface area contributed by atoms with Gasteiger partial charge < -0.3 is 0 Å². The maximum absolute atomic E-state index is 4.34. The summed E-state index contributed by atoms with van der Waals surface area (Å²) in [5, 5.41) is 8.57. The van der Waals surface area contributed by atoms with Crippen LogP contribution in [0.15, 0.2) is 6.20 Å². The van der Waals surface area contributed by atoms with Crippen molar-refractivity contribution in [3.05, 3.63) is 11.9 Å². The van der Waals surface area contributed by atoms with Gasteiger partial charge in [-0.3, -0.25) is 0 Å². The van der Waals surface area contributed by atoms with Crippen LogP contribution in [-0.4, -0.2) is 15.0 Å². The van der Waals surface area contributed by atoms with Gasteiger partial charge >= 0.3 is 0 Å². The van der Waals surface area contributed by atoms with Crippen LogP contribution in [0.2, 0.25) is 0 Å². The molecule has 0 saturated heterocycles. The summed E-state index contributed by atoms with van der Waals surface area (Å²) >= 11 is 0. The Hall–Kier alpha value is -0.860. The van der Waals surface area contributed by atoms with Gasteiger partial charge in [-0.1, -0.05) is 39.3 Å². The van der Waals surface area contributed by atoms with E-state index < -0.39 is 0 Å². The Balaban J connectivity index is 3.02. The molecule has 1 atom stereocenters. The molecule has 0 bridgehead atoms. The minimum atomic E-state index is 0.0107. The van der Waals surface area contributed by atoms with E-state index in [0.717, 1.165) is 12.1 Å². The zero-order chi connectivity index (χ0) is 12.6. The van der Waals surface area contributed by atoms with Gasteiger partial charge in [0.05, 0.1) is 11.2 Å². The molecule has 0 aliphatic heterocycles. The van der Waals surface area contributed by atoms with E-state index in [4.69, 9.17) is 0 Å². The highest BCUT2D eigenvalue weighted by Gasteiger charge is 2.30. The van der Waals surface area contributed by atoms with E-state index in [1.165, 1.54) is 0 Å². The lowest BCUT2D eigenvalue weighted by atomic mass is 9.76. The molecule has 1 rings (SSSR count). The Bertz CT molecular complexity index is 344. The summed E-state index contributed by atoms with van der Waals surface area (Å²) in [5.41, 5.74) is 1.20. The minimum absolute atomic E-state index is 0.0107. The van der Waals surface area contributed by atoms with Gasteiger partial charge in [0.1, 0.15) is 0 Å². The monoisotopic (exact) mass is 223 g/mol. The number of hydrogen-bond acceptors (Lipinski definition) is 2. The summed E-state index contributed by atoms with van der Waals surface area (Å²) in [4.78, 5) is 0. The second kappa shape index (κ2) is 4.19. The van der Waals surface area contributed by atoms with Crippen molar-refractivity contribution in [1.82, 2.24) is 15.0 Å². The van der Waals surface area contributed by atoms with E-state index in [1.54, 1.807) is 0 Å². The second-order valence-electron chi connectivity index (χ2n) is 6.25. The first kappa shape index (κ1) is 13.2. The summed E-state index contributed by atoms with van der Waals surface area (Å²) in [7, 11) is 0. The lowest BCUT2D eigenvalue weighted by Gasteiger charge is -2.28. The Kier molecular flexibility index (Phi) is 3.46. The first-order valence-corrected chi connectivity index (χ1v) is 6.13. The normalized spacial score (nSPS) is 15.2. The summed E-state index contributed by atoms with van der Waals surface area (Å²) < 4.78 is 1.95. The number of hydrogen-bond donors (Lipinski definition) is 0. The van der Waals surface area contributed by atoms with Crippen molar-refractivity contribution in [1.29, 1.82) is 0 Å². The molecule has 0 N–H and O–H groups in total. The average Bonchev–Trinajstić information content (AvgIpc) is 2.64.